The quantitative estimate of drug-likeness (QED) is 0.382. The molecule has 2 nitrogen and oxygen atoms in total. The van der Waals surface area contributed by atoms with E-state index in [1.807, 2.05) is 54.4 Å². The molecule has 0 aliphatic carbocycles. The van der Waals surface area contributed by atoms with E-state index < -0.39 is 0 Å². The molecule has 0 saturated heterocycles. The number of halogens is 1. The largest absolute Gasteiger partial charge is 0.336 e. The van der Waals surface area contributed by atoms with Gasteiger partial charge in [0.1, 0.15) is 0 Å². The van der Waals surface area contributed by atoms with E-state index in [1.54, 1.807) is 0 Å². The summed E-state index contributed by atoms with van der Waals surface area (Å²) in [7, 11) is 0. The number of nitrogens with zero attached hydrogens (tertiary/aromatic N) is 2. The van der Waals surface area contributed by atoms with E-state index in [-0.39, 0.29) is 4.75 Å². The molecule has 0 aliphatic heterocycles. The summed E-state index contributed by atoms with van der Waals surface area (Å²) in [6.45, 7) is 7.64. The van der Waals surface area contributed by atoms with E-state index in [0.717, 1.165) is 17.3 Å². The topological polar surface area (TPSA) is 17.8 Å². The lowest BCUT2D eigenvalue weighted by Crippen LogP contribution is -2.07. The summed E-state index contributed by atoms with van der Waals surface area (Å²) in [5, 5.41) is 1.15. The molecular formula is C22H25ClN2S2. The first kappa shape index (κ1) is 20.4. The fourth-order valence-corrected chi connectivity index (χ4v) is 5.04. The van der Waals surface area contributed by atoms with Gasteiger partial charge in [0.15, 0.2) is 0 Å². The second-order valence-corrected chi connectivity index (χ2v) is 11.0. The number of benzene rings is 2. The van der Waals surface area contributed by atoms with Crippen LogP contribution in [0.25, 0.3) is 0 Å². The molecule has 0 bridgehead atoms. The standard InChI is InChI=1S/C22H25ClN2S2/c1-22(2,3)27-20-10-6-18(7-11-20)21(14-25-13-12-24-16-25)26-15-17-4-8-19(23)9-5-17/h4-13,16,21H,14-15H2,1-3H3. The maximum absolute atomic E-state index is 6.01. The van der Waals surface area contributed by atoms with Crippen molar-refractivity contribution in [1.29, 1.82) is 0 Å². The highest BCUT2D eigenvalue weighted by Crippen LogP contribution is 2.36. The van der Waals surface area contributed by atoms with Crippen molar-refractivity contribution in [2.24, 2.45) is 0 Å². The molecule has 3 aromatic rings. The normalized spacial score (nSPS) is 12.9. The lowest BCUT2D eigenvalue weighted by Gasteiger charge is -2.20. The molecule has 2 aromatic carbocycles. The fraction of sp³-hybridized carbons (Fsp3) is 0.318. The molecule has 142 valence electrons. The number of rotatable bonds is 7. The minimum Gasteiger partial charge on any atom is -0.336 e. The Bertz CT molecular complexity index is 822. The zero-order valence-corrected chi connectivity index (χ0v) is 18.3. The number of thioether (sulfide) groups is 2. The monoisotopic (exact) mass is 416 g/mol. The average molecular weight is 417 g/mol. The molecular weight excluding hydrogens is 392 g/mol. The lowest BCUT2D eigenvalue weighted by molar-refractivity contribution is 0.683. The van der Waals surface area contributed by atoms with Gasteiger partial charge in [-0.2, -0.15) is 0 Å². The zero-order valence-electron chi connectivity index (χ0n) is 15.9. The van der Waals surface area contributed by atoms with Crippen molar-refractivity contribution < 1.29 is 0 Å². The highest BCUT2D eigenvalue weighted by molar-refractivity contribution is 8.00. The Morgan fingerprint density at radius 2 is 1.74 bits per heavy atom. The van der Waals surface area contributed by atoms with Gasteiger partial charge in [0.25, 0.3) is 0 Å². The van der Waals surface area contributed by atoms with Gasteiger partial charge in [-0.1, -0.05) is 56.6 Å². The van der Waals surface area contributed by atoms with Crippen molar-refractivity contribution in [2.75, 3.05) is 0 Å². The van der Waals surface area contributed by atoms with Gasteiger partial charge in [0.05, 0.1) is 6.33 Å². The number of hydrogen-bond donors (Lipinski definition) is 0. The highest BCUT2D eigenvalue weighted by Gasteiger charge is 2.16. The van der Waals surface area contributed by atoms with E-state index in [0.29, 0.717) is 5.25 Å². The summed E-state index contributed by atoms with van der Waals surface area (Å²) in [5.74, 6) is 0.953. The van der Waals surface area contributed by atoms with Crippen molar-refractivity contribution in [3.63, 3.8) is 0 Å². The summed E-state index contributed by atoms with van der Waals surface area (Å²) in [4.78, 5) is 5.50. The molecule has 1 unspecified atom stereocenters. The molecule has 3 rings (SSSR count). The SMILES string of the molecule is CC(C)(C)Sc1ccc(C(Cn2ccnc2)SCc2ccc(Cl)cc2)cc1. The van der Waals surface area contributed by atoms with Gasteiger partial charge >= 0.3 is 0 Å². The molecule has 1 atom stereocenters. The molecule has 1 aromatic heterocycles. The van der Waals surface area contributed by atoms with E-state index in [9.17, 15) is 0 Å². The Kier molecular flexibility index (Phi) is 6.96. The maximum Gasteiger partial charge on any atom is 0.0946 e. The van der Waals surface area contributed by atoms with Gasteiger partial charge in [-0.15, -0.1) is 23.5 Å². The third-order valence-electron chi connectivity index (χ3n) is 3.98. The molecule has 0 spiro atoms. The van der Waals surface area contributed by atoms with Gasteiger partial charge in [-0.25, -0.2) is 4.98 Å². The van der Waals surface area contributed by atoms with E-state index in [2.05, 4.69) is 66.7 Å². The zero-order chi connectivity index (χ0) is 19.3. The first-order chi connectivity index (χ1) is 12.9. The third-order valence-corrected chi connectivity index (χ3v) is 6.67. The molecule has 0 saturated carbocycles. The summed E-state index contributed by atoms with van der Waals surface area (Å²) >= 11 is 9.86. The molecule has 27 heavy (non-hydrogen) atoms. The first-order valence-corrected chi connectivity index (χ1v) is 11.2. The van der Waals surface area contributed by atoms with Crippen LogP contribution in [0.4, 0.5) is 0 Å². The van der Waals surface area contributed by atoms with Crippen LogP contribution in [-0.4, -0.2) is 14.3 Å². The predicted molar refractivity (Wildman–Crippen MR) is 120 cm³/mol. The minimum absolute atomic E-state index is 0.223. The summed E-state index contributed by atoms with van der Waals surface area (Å²) in [6.07, 6.45) is 5.75. The van der Waals surface area contributed by atoms with E-state index >= 15 is 0 Å². The predicted octanol–water partition coefficient (Wildman–Crippen LogP) is 7.10. The molecule has 5 heteroatoms. The second-order valence-electron chi connectivity index (χ2n) is 7.47. The molecule has 0 N–H and O–H groups in total. The van der Waals surface area contributed by atoms with Gasteiger partial charge < -0.3 is 4.57 Å². The minimum atomic E-state index is 0.223. The van der Waals surface area contributed by atoms with Gasteiger partial charge in [0.2, 0.25) is 0 Å². The van der Waals surface area contributed by atoms with Crippen LogP contribution in [0.5, 0.6) is 0 Å². The van der Waals surface area contributed by atoms with Gasteiger partial charge in [0, 0.05) is 44.6 Å². The van der Waals surface area contributed by atoms with Gasteiger partial charge in [-0.05, 0) is 35.4 Å². The number of imidazole rings is 1. The number of aromatic nitrogens is 2. The van der Waals surface area contributed by atoms with E-state index in [4.69, 9.17) is 11.6 Å². The Balaban J connectivity index is 1.73. The van der Waals surface area contributed by atoms with Crippen molar-refractivity contribution in [3.05, 3.63) is 83.4 Å². The van der Waals surface area contributed by atoms with Crippen LogP contribution in [-0.2, 0) is 12.3 Å². The third kappa shape index (κ3) is 6.63. The van der Waals surface area contributed by atoms with Crippen LogP contribution in [0.3, 0.4) is 0 Å². The Labute approximate surface area is 175 Å². The second kappa shape index (κ2) is 9.22. The van der Waals surface area contributed by atoms with Crippen LogP contribution in [0.1, 0.15) is 37.1 Å². The molecule has 0 radical (unpaired) electrons. The highest BCUT2D eigenvalue weighted by atomic mass is 35.5. The average Bonchev–Trinajstić information content (AvgIpc) is 3.12. The summed E-state index contributed by atoms with van der Waals surface area (Å²) in [6, 6.07) is 17.2. The van der Waals surface area contributed by atoms with Crippen molar-refractivity contribution >= 4 is 35.1 Å². The Hall–Kier alpha value is -1.36. The van der Waals surface area contributed by atoms with Crippen LogP contribution in [0, 0.1) is 0 Å². The van der Waals surface area contributed by atoms with E-state index in [1.165, 1.54) is 16.0 Å². The first-order valence-electron chi connectivity index (χ1n) is 9.00. The number of hydrogen-bond acceptors (Lipinski definition) is 3. The molecule has 0 amide bonds. The molecule has 1 heterocycles. The lowest BCUT2D eigenvalue weighted by atomic mass is 10.1. The summed E-state index contributed by atoms with van der Waals surface area (Å²) in [5.41, 5.74) is 2.64. The van der Waals surface area contributed by atoms with Crippen LogP contribution >= 0.6 is 35.1 Å². The fourth-order valence-electron chi connectivity index (χ4n) is 2.72. The van der Waals surface area contributed by atoms with Crippen molar-refractivity contribution in [2.45, 2.75) is 48.0 Å². The van der Waals surface area contributed by atoms with Crippen molar-refractivity contribution in [3.8, 4) is 0 Å². The van der Waals surface area contributed by atoms with Crippen molar-refractivity contribution in [1.82, 2.24) is 9.55 Å². The Morgan fingerprint density at radius 3 is 2.33 bits per heavy atom. The summed E-state index contributed by atoms with van der Waals surface area (Å²) < 4.78 is 2.37. The Morgan fingerprint density at radius 1 is 1.04 bits per heavy atom. The smallest absolute Gasteiger partial charge is 0.0946 e. The molecule has 0 aliphatic rings. The maximum atomic E-state index is 6.01. The van der Waals surface area contributed by atoms with Crippen LogP contribution in [0.15, 0.2) is 72.1 Å². The van der Waals surface area contributed by atoms with Crippen LogP contribution in [0.2, 0.25) is 5.02 Å². The van der Waals surface area contributed by atoms with Crippen LogP contribution < -0.4 is 0 Å². The molecule has 0 fully saturated rings. The van der Waals surface area contributed by atoms with Gasteiger partial charge in [-0.3, -0.25) is 0 Å².